The summed E-state index contributed by atoms with van der Waals surface area (Å²) in [5.41, 5.74) is 4.64. The van der Waals surface area contributed by atoms with Crippen molar-refractivity contribution in [3.63, 3.8) is 0 Å². The van der Waals surface area contributed by atoms with Crippen LogP contribution in [0.15, 0.2) is 83.3 Å². The van der Waals surface area contributed by atoms with E-state index >= 15 is 0 Å². The summed E-state index contributed by atoms with van der Waals surface area (Å²) in [7, 11) is 0. The topological polar surface area (TPSA) is 411 Å². The molecule has 0 saturated heterocycles. The van der Waals surface area contributed by atoms with Gasteiger partial charge < -0.3 is 72.5 Å². The number of anilines is 1. The third-order valence-electron chi connectivity index (χ3n) is 15.9. The molecular formula is C62H82N8O18. The minimum Gasteiger partial charge on any atom is -0.871 e. The van der Waals surface area contributed by atoms with Crippen LogP contribution in [0.4, 0.5) is 21.0 Å². The van der Waals surface area contributed by atoms with Gasteiger partial charge in [-0.05, 0) is 109 Å². The third-order valence-corrected chi connectivity index (χ3v) is 15.9. The Balaban J connectivity index is 1.11. The third kappa shape index (κ3) is 19.5. The quantitative estimate of drug-likeness (QED) is 0.0246. The molecule has 5 rings (SSSR count). The van der Waals surface area contributed by atoms with Crippen LogP contribution in [-0.2, 0) is 54.0 Å². The normalized spacial score (nSPS) is 16.8. The summed E-state index contributed by atoms with van der Waals surface area (Å²) in [6.45, 7) is 9.83. The Morgan fingerprint density at radius 2 is 0.989 bits per heavy atom. The smallest absolute Gasteiger partial charge is 0.326 e. The molecule has 88 heavy (non-hydrogen) atoms. The van der Waals surface area contributed by atoms with Gasteiger partial charge in [-0.25, -0.2) is 28.8 Å². The molecule has 6 amide bonds. The lowest BCUT2D eigenvalue weighted by Crippen LogP contribution is -2.51. The number of carboxylic acids is 6. The summed E-state index contributed by atoms with van der Waals surface area (Å²) in [5, 5.41) is 83.9. The van der Waals surface area contributed by atoms with Crippen molar-refractivity contribution in [1.29, 1.82) is 0 Å². The highest BCUT2D eigenvalue weighted by Crippen LogP contribution is 2.49. The molecule has 1 aliphatic carbocycles. The van der Waals surface area contributed by atoms with Gasteiger partial charge in [0.2, 0.25) is 17.5 Å². The number of ketones is 1. The van der Waals surface area contributed by atoms with Gasteiger partial charge in [-0.3, -0.25) is 24.0 Å². The molecule has 3 aliphatic rings. The van der Waals surface area contributed by atoms with Crippen LogP contribution in [0.3, 0.4) is 0 Å². The summed E-state index contributed by atoms with van der Waals surface area (Å²) >= 11 is 0. The number of urea groups is 2. The summed E-state index contributed by atoms with van der Waals surface area (Å²) < 4.78 is 2.14. The molecule has 2 aromatic rings. The van der Waals surface area contributed by atoms with E-state index in [1.54, 1.807) is 12.2 Å². The Hall–Kier alpha value is -9.10. The van der Waals surface area contributed by atoms with Crippen LogP contribution >= 0.6 is 0 Å². The maximum atomic E-state index is 14.2. The first kappa shape index (κ1) is 69.7. The summed E-state index contributed by atoms with van der Waals surface area (Å²) in [6, 6.07) is 7.98. The fraction of sp³-hybridized carbons (Fsp3) is 0.516. The van der Waals surface area contributed by atoms with Crippen LogP contribution in [0, 0.1) is 0 Å². The molecule has 0 bridgehead atoms. The molecule has 12 N–H and O–H groups in total. The lowest BCUT2D eigenvalue weighted by atomic mass is 9.77. The van der Waals surface area contributed by atoms with E-state index in [0.717, 1.165) is 33.9 Å². The number of rotatable bonds is 38. The maximum absolute atomic E-state index is 14.2. The molecule has 26 heteroatoms. The molecular weight excluding hydrogens is 1140 g/mol. The van der Waals surface area contributed by atoms with Gasteiger partial charge in [-0.15, -0.1) is 0 Å². The van der Waals surface area contributed by atoms with Crippen LogP contribution in [0.1, 0.15) is 154 Å². The van der Waals surface area contributed by atoms with E-state index in [4.69, 9.17) is 10.2 Å². The fourth-order valence-corrected chi connectivity index (χ4v) is 11.0. The zero-order chi connectivity index (χ0) is 64.9. The average Bonchev–Trinajstić information content (AvgIpc) is 1.98. The number of fused-ring (bicyclic) bond motifs is 2. The monoisotopic (exact) mass is 1230 g/mol. The highest BCUT2D eigenvalue weighted by Gasteiger charge is 2.46. The van der Waals surface area contributed by atoms with Crippen molar-refractivity contribution in [2.75, 3.05) is 31.1 Å². The predicted octanol–water partition coefficient (Wildman–Crippen LogP) is 4.70. The number of benzene rings is 2. The summed E-state index contributed by atoms with van der Waals surface area (Å²) in [6.07, 6.45) is 7.41. The minimum absolute atomic E-state index is 0.00604. The fourth-order valence-electron chi connectivity index (χ4n) is 11.0. The van der Waals surface area contributed by atoms with Crippen molar-refractivity contribution in [2.45, 2.75) is 178 Å². The van der Waals surface area contributed by atoms with Crippen LogP contribution < -0.4 is 41.9 Å². The van der Waals surface area contributed by atoms with Gasteiger partial charge >= 0.3 is 47.9 Å². The molecule has 0 aromatic heterocycles. The van der Waals surface area contributed by atoms with Crippen molar-refractivity contribution in [3.8, 4) is 0 Å². The SMILES string of the molecule is CC1(C)C(/C=C2/C(=O)C(/C=C3\N(CCCCCC(=O)NCCCC[C@H](NC(=O)N[C@@H](CCC(=O)O)C(=O)O)C(=O)O)c4ccccc4C3(C)C)=C2[O-])=[N+](CCCCCC(=O)NCCCC[C@H](NC(=O)N[C@@H](CCC(=O)O)C(=O)O)C(=O)O)c2ccccc21. The average molecular weight is 1230 g/mol. The number of hydrogen-bond acceptors (Lipinski definition) is 13. The first-order valence-electron chi connectivity index (χ1n) is 29.7. The first-order valence-corrected chi connectivity index (χ1v) is 29.7. The molecule has 0 fully saturated rings. The Morgan fingerprint density at radius 1 is 0.534 bits per heavy atom. The van der Waals surface area contributed by atoms with E-state index in [1.165, 1.54) is 0 Å². The van der Waals surface area contributed by atoms with Crippen LogP contribution in [0.2, 0.25) is 0 Å². The molecule has 2 aromatic carbocycles. The number of unbranched alkanes of at least 4 members (excludes halogenated alkanes) is 6. The summed E-state index contributed by atoms with van der Waals surface area (Å²) in [4.78, 5) is 135. The Morgan fingerprint density at radius 3 is 1.47 bits per heavy atom. The van der Waals surface area contributed by atoms with Crippen molar-refractivity contribution >= 4 is 82.6 Å². The van der Waals surface area contributed by atoms with Gasteiger partial charge in [-0.1, -0.05) is 62.4 Å². The second-order valence-electron chi connectivity index (χ2n) is 23.1. The van der Waals surface area contributed by atoms with Gasteiger partial charge in [-0.2, -0.15) is 4.58 Å². The number of carboxylic acid groups (broad SMARTS) is 6. The van der Waals surface area contributed by atoms with Crippen LogP contribution in [0.5, 0.6) is 0 Å². The number of Topliss-reactive ketones (excluding diaryl/α,β-unsaturated/α-hetero) is 1. The van der Waals surface area contributed by atoms with Crippen molar-refractivity contribution in [3.05, 3.63) is 94.4 Å². The molecule has 4 atom stereocenters. The zero-order valence-electron chi connectivity index (χ0n) is 50.1. The molecule has 0 unspecified atom stereocenters. The van der Waals surface area contributed by atoms with E-state index in [1.807, 2.05) is 48.5 Å². The molecule has 0 spiro atoms. The van der Waals surface area contributed by atoms with E-state index in [-0.39, 0.29) is 86.1 Å². The second-order valence-corrected chi connectivity index (χ2v) is 23.1. The van der Waals surface area contributed by atoms with Crippen molar-refractivity contribution in [2.24, 2.45) is 0 Å². The Labute approximate surface area is 509 Å². The van der Waals surface area contributed by atoms with Gasteiger partial charge in [0.25, 0.3) is 0 Å². The van der Waals surface area contributed by atoms with Crippen LogP contribution in [-0.4, -0.2) is 157 Å². The van der Waals surface area contributed by atoms with E-state index in [0.29, 0.717) is 77.3 Å². The predicted molar refractivity (Wildman–Crippen MR) is 318 cm³/mol. The molecule has 2 heterocycles. The number of hydrogen-bond donors (Lipinski definition) is 12. The lowest BCUT2D eigenvalue weighted by Gasteiger charge is -2.33. The Bertz CT molecular complexity index is 3090. The van der Waals surface area contributed by atoms with Gasteiger partial charge in [0, 0.05) is 97.4 Å². The maximum Gasteiger partial charge on any atom is 0.326 e. The molecule has 26 nitrogen and oxygen atoms in total. The molecule has 0 saturated carbocycles. The number of carbonyl (C=O) groups excluding carboxylic acids is 5. The number of carbonyl (C=O) groups is 11. The number of amides is 6. The lowest BCUT2D eigenvalue weighted by molar-refractivity contribution is -0.438. The number of allylic oxidation sites excluding steroid dienone is 5. The number of nitrogens with zero attached hydrogens (tertiary/aromatic N) is 2. The van der Waals surface area contributed by atoms with Crippen LogP contribution in [0.25, 0.3) is 0 Å². The highest BCUT2D eigenvalue weighted by molar-refractivity contribution is 6.24. The molecule has 478 valence electrons. The largest absolute Gasteiger partial charge is 0.871 e. The molecule has 2 aliphatic heterocycles. The van der Waals surface area contributed by atoms with Crippen molar-refractivity contribution in [1.82, 2.24) is 31.9 Å². The second kappa shape index (κ2) is 32.6. The summed E-state index contributed by atoms with van der Waals surface area (Å²) in [5.74, 6) is -9.21. The number of nitrogens with one attached hydrogen (secondary N) is 6. The number of para-hydroxylation sites is 2. The standard InChI is InChI=1S/C62H82N8O18/c1-61(2)39-19-9-11-23-45(39)69(33-17-5-7-25-49(71)63-31-15-13-21-41(55(79)80)65-59(87)67-43(57(83)84)27-29-51(73)74)47(61)35-37-53(77)38(54(37)78)36-48-62(3,4)40-20-10-12-24-46(40)70(48)34-18-6-8-26-50(72)64-32-16-14-22-42(56(81)82)66-60(88)68-44(58(85)86)28-30-52(75)76/h9-12,19-20,23-24,35-36,41-44H,5-8,13-18,21-22,25-34H2,1-4H3,(H12-,63,64,65,66,67,68,71,72,73,74,75,76,77,78,79,80,81,82,83,84,85,86,87,88)/t41-,42-,43-,44-/m0/s1. The van der Waals surface area contributed by atoms with E-state index < -0.39 is 95.7 Å². The van der Waals surface area contributed by atoms with Crippen molar-refractivity contribution < 1.29 is 93.1 Å². The first-order chi connectivity index (χ1) is 41.6. The zero-order valence-corrected chi connectivity index (χ0v) is 50.1. The minimum atomic E-state index is -1.52. The molecule has 0 radical (unpaired) electrons. The van der Waals surface area contributed by atoms with Gasteiger partial charge in [0.1, 0.15) is 30.7 Å². The Kier molecular flexibility index (Phi) is 25.8. The van der Waals surface area contributed by atoms with E-state index in [9.17, 15) is 78.3 Å². The highest BCUT2D eigenvalue weighted by atomic mass is 16.4. The van der Waals surface area contributed by atoms with Gasteiger partial charge in [0.05, 0.1) is 5.41 Å². The number of aliphatic carboxylic acids is 6. The van der Waals surface area contributed by atoms with Gasteiger partial charge in [0.15, 0.2) is 11.5 Å². The van der Waals surface area contributed by atoms with E-state index in [2.05, 4.69) is 69.1 Å².